The number of halogens is 1. The van der Waals surface area contributed by atoms with Gasteiger partial charge in [0.05, 0.1) is 0 Å². The second kappa shape index (κ2) is 11.2. The maximum atomic E-state index is 14.0. The Balaban J connectivity index is 5.43. The lowest BCUT2D eigenvalue weighted by molar-refractivity contribution is 0.181. The van der Waals surface area contributed by atoms with Gasteiger partial charge in [0.15, 0.2) is 0 Å². The third-order valence-electron chi connectivity index (χ3n) is 3.43. The van der Waals surface area contributed by atoms with E-state index in [1.54, 1.807) is 38.2 Å². The number of alkyl halides is 1. The fourth-order valence-corrected chi connectivity index (χ4v) is 2.37. The first-order chi connectivity index (χ1) is 11.2. The SMILES string of the molecule is C#CC=C=C(CCC(=C=C/C=C\C#C)C(C)CC(C)(C)F)C(=C)C. The molecule has 0 N–H and O–H groups in total. The molecule has 0 aliphatic rings. The molecule has 24 heavy (non-hydrogen) atoms. The zero-order valence-electron chi connectivity index (χ0n) is 15.2. The zero-order valence-corrected chi connectivity index (χ0v) is 15.2. The Bertz CT molecular complexity index is 665. The number of rotatable bonds is 8. The third kappa shape index (κ3) is 10.3. The highest BCUT2D eigenvalue weighted by atomic mass is 19.1. The highest BCUT2D eigenvalue weighted by molar-refractivity contribution is 5.29. The molecule has 0 fully saturated rings. The lowest BCUT2D eigenvalue weighted by Crippen LogP contribution is -2.17. The standard InChI is InChI=1S/C23H27F/c1-8-10-12-13-15-22(20(5)18-23(6,7)24)17-16-21(19(3)4)14-11-9-2/h1-2,10-13,20H,3,16-18H2,4-7H3/b12-10-. The Morgan fingerprint density at radius 3 is 2.38 bits per heavy atom. The van der Waals surface area contributed by atoms with Gasteiger partial charge in [0, 0.05) is 6.08 Å². The summed E-state index contributed by atoms with van der Waals surface area (Å²) in [4.78, 5) is 0. The topological polar surface area (TPSA) is 0 Å². The first kappa shape index (κ1) is 21.6. The van der Waals surface area contributed by atoms with Crippen LogP contribution in [0.3, 0.4) is 0 Å². The number of allylic oxidation sites excluding steroid dienone is 5. The Labute approximate surface area is 147 Å². The minimum atomic E-state index is -1.22. The fraction of sp³-hybridized carbons (Fsp3) is 0.391. The predicted octanol–water partition coefficient (Wildman–Crippen LogP) is 6.10. The molecule has 0 spiro atoms. The van der Waals surface area contributed by atoms with Gasteiger partial charge in [-0.2, -0.15) is 0 Å². The van der Waals surface area contributed by atoms with E-state index in [0.29, 0.717) is 6.42 Å². The van der Waals surface area contributed by atoms with Crippen LogP contribution in [0.4, 0.5) is 4.39 Å². The molecule has 0 aromatic rings. The highest BCUT2D eigenvalue weighted by Gasteiger charge is 2.22. The Morgan fingerprint density at radius 2 is 1.88 bits per heavy atom. The molecule has 0 heterocycles. The first-order valence-electron chi connectivity index (χ1n) is 8.03. The molecule has 0 aromatic heterocycles. The van der Waals surface area contributed by atoms with E-state index in [1.165, 1.54) is 0 Å². The molecule has 0 aromatic carbocycles. The molecule has 0 radical (unpaired) electrons. The van der Waals surface area contributed by atoms with Gasteiger partial charge in [0.2, 0.25) is 0 Å². The quantitative estimate of drug-likeness (QED) is 0.288. The van der Waals surface area contributed by atoms with E-state index in [4.69, 9.17) is 12.8 Å². The van der Waals surface area contributed by atoms with Crippen molar-refractivity contribution in [2.45, 2.75) is 52.6 Å². The van der Waals surface area contributed by atoms with Gasteiger partial charge >= 0.3 is 0 Å². The Kier molecular flexibility index (Phi) is 10.0. The van der Waals surface area contributed by atoms with Crippen molar-refractivity contribution < 1.29 is 4.39 Å². The van der Waals surface area contributed by atoms with Crippen molar-refractivity contribution in [1.82, 2.24) is 0 Å². The molecule has 1 heteroatoms. The van der Waals surface area contributed by atoms with Crippen LogP contribution in [0.2, 0.25) is 0 Å². The van der Waals surface area contributed by atoms with Crippen LogP contribution < -0.4 is 0 Å². The molecule has 0 aliphatic carbocycles. The van der Waals surface area contributed by atoms with Crippen molar-refractivity contribution in [2.75, 3.05) is 0 Å². The molecule has 0 saturated heterocycles. The van der Waals surface area contributed by atoms with E-state index in [9.17, 15) is 4.39 Å². The van der Waals surface area contributed by atoms with Crippen molar-refractivity contribution in [3.05, 3.63) is 59.1 Å². The molecule has 0 amide bonds. The van der Waals surface area contributed by atoms with Gasteiger partial charge in [-0.15, -0.1) is 24.3 Å². The van der Waals surface area contributed by atoms with Gasteiger partial charge < -0.3 is 0 Å². The number of terminal acetylenes is 2. The molecular formula is C23H27F. The van der Waals surface area contributed by atoms with Crippen LogP contribution in [0, 0.1) is 30.6 Å². The smallest absolute Gasteiger partial charge is 0.106 e. The average Bonchev–Trinajstić information content (AvgIpc) is 2.46. The van der Waals surface area contributed by atoms with Crippen molar-refractivity contribution in [1.29, 1.82) is 0 Å². The van der Waals surface area contributed by atoms with Crippen molar-refractivity contribution in [2.24, 2.45) is 5.92 Å². The van der Waals surface area contributed by atoms with E-state index in [0.717, 1.165) is 29.6 Å². The second-order valence-corrected chi connectivity index (χ2v) is 6.40. The predicted molar refractivity (Wildman–Crippen MR) is 103 cm³/mol. The molecular weight excluding hydrogens is 295 g/mol. The van der Waals surface area contributed by atoms with E-state index < -0.39 is 5.67 Å². The maximum Gasteiger partial charge on any atom is 0.106 e. The maximum absolute atomic E-state index is 14.0. The van der Waals surface area contributed by atoms with Gasteiger partial charge in [-0.1, -0.05) is 25.3 Å². The van der Waals surface area contributed by atoms with Crippen LogP contribution in [0.5, 0.6) is 0 Å². The van der Waals surface area contributed by atoms with Gasteiger partial charge in [-0.25, -0.2) is 4.39 Å². The summed E-state index contributed by atoms with van der Waals surface area (Å²) in [5.41, 5.74) is 8.04. The summed E-state index contributed by atoms with van der Waals surface area (Å²) >= 11 is 0. The Hall–Kier alpha value is -2.43. The van der Waals surface area contributed by atoms with Crippen molar-refractivity contribution >= 4 is 0 Å². The van der Waals surface area contributed by atoms with E-state index >= 15 is 0 Å². The van der Waals surface area contributed by atoms with Gasteiger partial charge in [0.25, 0.3) is 0 Å². The molecule has 0 saturated carbocycles. The normalized spacial score (nSPS) is 11.5. The van der Waals surface area contributed by atoms with E-state index in [2.05, 4.69) is 29.9 Å². The summed E-state index contributed by atoms with van der Waals surface area (Å²) < 4.78 is 14.0. The monoisotopic (exact) mass is 322 g/mol. The minimum absolute atomic E-state index is 0.0727. The van der Waals surface area contributed by atoms with E-state index in [1.807, 2.05) is 13.8 Å². The summed E-state index contributed by atoms with van der Waals surface area (Å²) in [6, 6.07) is 0. The highest BCUT2D eigenvalue weighted by Crippen LogP contribution is 2.28. The summed E-state index contributed by atoms with van der Waals surface area (Å²) in [5.74, 6) is 4.94. The van der Waals surface area contributed by atoms with Gasteiger partial charge in [-0.05, 0) is 80.9 Å². The van der Waals surface area contributed by atoms with Crippen LogP contribution in [0.15, 0.2) is 59.1 Å². The summed E-state index contributed by atoms with van der Waals surface area (Å²) in [6.45, 7) is 11.1. The zero-order chi connectivity index (χ0) is 18.6. The summed E-state index contributed by atoms with van der Waals surface area (Å²) in [5, 5.41) is 0. The fourth-order valence-electron chi connectivity index (χ4n) is 2.37. The van der Waals surface area contributed by atoms with Gasteiger partial charge in [-0.3, -0.25) is 0 Å². The number of hydrogen-bond donors (Lipinski definition) is 0. The van der Waals surface area contributed by atoms with Crippen LogP contribution in [-0.4, -0.2) is 5.67 Å². The molecule has 126 valence electrons. The first-order valence-corrected chi connectivity index (χ1v) is 8.03. The average molecular weight is 322 g/mol. The Morgan fingerprint density at radius 1 is 1.21 bits per heavy atom. The lowest BCUT2D eigenvalue weighted by Gasteiger charge is -2.21. The lowest BCUT2D eigenvalue weighted by atomic mass is 9.87. The van der Waals surface area contributed by atoms with Crippen LogP contribution in [0.1, 0.15) is 47.0 Å². The van der Waals surface area contributed by atoms with Gasteiger partial charge in [0.1, 0.15) is 5.67 Å². The molecule has 1 unspecified atom stereocenters. The number of hydrogen-bond acceptors (Lipinski definition) is 0. The summed E-state index contributed by atoms with van der Waals surface area (Å²) in [6.07, 6.45) is 19.0. The van der Waals surface area contributed by atoms with Crippen LogP contribution in [0.25, 0.3) is 0 Å². The molecule has 0 nitrogen and oxygen atoms in total. The van der Waals surface area contributed by atoms with Crippen molar-refractivity contribution in [3.8, 4) is 24.7 Å². The molecule has 0 aliphatic heterocycles. The molecule has 1 atom stereocenters. The summed E-state index contributed by atoms with van der Waals surface area (Å²) in [7, 11) is 0. The van der Waals surface area contributed by atoms with Crippen molar-refractivity contribution in [3.63, 3.8) is 0 Å². The van der Waals surface area contributed by atoms with Crippen LogP contribution in [-0.2, 0) is 0 Å². The van der Waals surface area contributed by atoms with E-state index in [-0.39, 0.29) is 5.92 Å². The second-order valence-electron chi connectivity index (χ2n) is 6.40. The molecule has 0 bridgehead atoms. The van der Waals surface area contributed by atoms with Crippen LogP contribution >= 0.6 is 0 Å². The third-order valence-corrected chi connectivity index (χ3v) is 3.43. The minimum Gasteiger partial charge on any atom is -0.244 e. The largest absolute Gasteiger partial charge is 0.244 e. The molecule has 0 rings (SSSR count).